The summed E-state index contributed by atoms with van der Waals surface area (Å²) in [6, 6.07) is 7.83. The number of esters is 2. The molecule has 1 N–H and O–H groups in total. The molecule has 0 atom stereocenters. The van der Waals surface area contributed by atoms with Crippen molar-refractivity contribution in [1.82, 2.24) is 5.32 Å². The molecular weight excluding hydrogens is 375 g/mol. The fraction of sp³-hybridized carbons (Fsp3) is 0.600. The number of halogens is 3. The van der Waals surface area contributed by atoms with Gasteiger partial charge in [-0.05, 0) is 48.9 Å². The highest BCUT2D eigenvalue weighted by atomic mass is 19.4. The molecule has 8 heteroatoms. The lowest BCUT2D eigenvalue weighted by atomic mass is 9.93. The number of alkyl halides is 3. The van der Waals surface area contributed by atoms with Gasteiger partial charge in [0, 0.05) is 6.54 Å². The van der Waals surface area contributed by atoms with Crippen molar-refractivity contribution in [2.24, 2.45) is 5.41 Å². The minimum Gasteiger partial charge on any atom is -0.494 e. The topological polar surface area (TPSA) is 64.6 Å². The zero-order chi connectivity index (χ0) is 21.2. The number of carbonyl (C=O) groups is 2. The number of ether oxygens (including phenoxy) is 2. The van der Waals surface area contributed by atoms with Crippen molar-refractivity contribution in [2.75, 3.05) is 19.7 Å². The van der Waals surface area contributed by atoms with Gasteiger partial charge >= 0.3 is 18.1 Å². The normalized spacial score (nSPS) is 11.9. The summed E-state index contributed by atoms with van der Waals surface area (Å²) in [7, 11) is 0. The van der Waals surface area contributed by atoms with Gasteiger partial charge in [-0.3, -0.25) is 4.79 Å². The molecule has 0 heterocycles. The number of rotatable bonds is 10. The third-order valence-corrected chi connectivity index (χ3v) is 3.78. The summed E-state index contributed by atoms with van der Waals surface area (Å²) >= 11 is 0. The summed E-state index contributed by atoms with van der Waals surface area (Å²) in [6.45, 7) is 7.85. The largest absolute Gasteiger partial charge is 0.494 e. The first kappa shape index (κ1) is 23.9. The lowest BCUT2D eigenvalue weighted by Gasteiger charge is -2.18. The Balaban J connectivity index is 2.20. The van der Waals surface area contributed by atoms with Gasteiger partial charge in [0.15, 0.2) is 0 Å². The van der Waals surface area contributed by atoms with Gasteiger partial charge < -0.3 is 14.8 Å². The van der Waals surface area contributed by atoms with E-state index >= 15 is 0 Å². The minimum atomic E-state index is -5.16. The van der Waals surface area contributed by atoms with E-state index in [-0.39, 0.29) is 18.4 Å². The van der Waals surface area contributed by atoms with Gasteiger partial charge in [-0.1, -0.05) is 32.9 Å². The van der Waals surface area contributed by atoms with Crippen LogP contribution in [0.3, 0.4) is 0 Å². The van der Waals surface area contributed by atoms with E-state index in [1.54, 1.807) is 0 Å². The summed E-state index contributed by atoms with van der Waals surface area (Å²) in [5.41, 5.74) is 1.33. The molecule has 5 nitrogen and oxygen atoms in total. The summed E-state index contributed by atoms with van der Waals surface area (Å²) < 4.78 is 45.3. The Hall–Kier alpha value is -2.09. The average molecular weight is 403 g/mol. The molecule has 0 bridgehead atoms. The van der Waals surface area contributed by atoms with Crippen molar-refractivity contribution in [1.29, 1.82) is 0 Å². The second kappa shape index (κ2) is 11.0. The number of aryl methyl sites for hydroxylation is 1. The predicted octanol–water partition coefficient (Wildman–Crippen LogP) is 4.05. The van der Waals surface area contributed by atoms with Gasteiger partial charge in [-0.2, -0.15) is 13.2 Å². The Morgan fingerprint density at radius 2 is 1.82 bits per heavy atom. The van der Waals surface area contributed by atoms with Crippen molar-refractivity contribution in [3.05, 3.63) is 29.8 Å². The molecule has 0 unspecified atom stereocenters. The van der Waals surface area contributed by atoms with E-state index in [1.165, 1.54) is 0 Å². The second-order valence-electron chi connectivity index (χ2n) is 7.67. The van der Waals surface area contributed by atoms with E-state index in [0.29, 0.717) is 13.2 Å². The Morgan fingerprint density at radius 3 is 2.46 bits per heavy atom. The summed E-state index contributed by atoms with van der Waals surface area (Å²) in [5.74, 6) is -2.86. The van der Waals surface area contributed by atoms with Gasteiger partial charge in [0.2, 0.25) is 0 Å². The van der Waals surface area contributed by atoms with E-state index in [4.69, 9.17) is 4.74 Å². The van der Waals surface area contributed by atoms with E-state index in [1.807, 2.05) is 24.3 Å². The maximum atomic E-state index is 12.0. The quantitative estimate of drug-likeness (QED) is 0.363. The van der Waals surface area contributed by atoms with E-state index in [9.17, 15) is 22.8 Å². The molecule has 0 saturated carbocycles. The molecule has 0 saturated heterocycles. The van der Waals surface area contributed by atoms with Crippen molar-refractivity contribution < 1.29 is 32.2 Å². The standard InChI is InChI=1S/C20H28F3NO4/c1-19(2,3)10-13-27-16-8-4-6-15(14-16)7-5-11-24-12-9-17(25)28-18(26)20(21,22)23/h4,6,8,14,24H,5,7,9-13H2,1-3H3. The highest BCUT2D eigenvalue weighted by molar-refractivity contribution is 5.88. The van der Waals surface area contributed by atoms with Crippen LogP contribution in [0.2, 0.25) is 0 Å². The van der Waals surface area contributed by atoms with E-state index in [0.717, 1.165) is 30.6 Å². The minimum absolute atomic E-state index is 0.139. The molecule has 1 rings (SSSR count). The van der Waals surface area contributed by atoms with Gasteiger partial charge in [0.25, 0.3) is 0 Å². The molecule has 158 valence electrons. The smallest absolute Gasteiger partial charge is 0.491 e. The Kier molecular flexibility index (Phi) is 9.45. The van der Waals surface area contributed by atoms with Crippen molar-refractivity contribution in [3.63, 3.8) is 0 Å². The predicted molar refractivity (Wildman–Crippen MR) is 99.0 cm³/mol. The van der Waals surface area contributed by atoms with Crippen LogP contribution in [0.1, 0.15) is 45.6 Å². The highest BCUT2D eigenvalue weighted by Gasteiger charge is 2.42. The van der Waals surface area contributed by atoms with Crippen LogP contribution in [-0.2, 0) is 20.7 Å². The first-order chi connectivity index (χ1) is 13.0. The van der Waals surface area contributed by atoms with Crippen LogP contribution in [-0.4, -0.2) is 37.8 Å². The molecule has 0 spiro atoms. The van der Waals surface area contributed by atoms with Gasteiger partial charge in [-0.25, -0.2) is 4.79 Å². The molecule has 0 aromatic heterocycles. The third kappa shape index (κ3) is 10.9. The summed E-state index contributed by atoms with van der Waals surface area (Å²) in [4.78, 5) is 21.7. The number of hydrogen-bond donors (Lipinski definition) is 1. The van der Waals surface area contributed by atoms with Gasteiger partial charge in [0.1, 0.15) is 5.75 Å². The van der Waals surface area contributed by atoms with Crippen LogP contribution in [0.4, 0.5) is 13.2 Å². The molecule has 28 heavy (non-hydrogen) atoms. The molecule has 1 aromatic carbocycles. The van der Waals surface area contributed by atoms with E-state index in [2.05, 4.69) is 30.8 Å². The number of hydrogen-bond acceptors (Lipinski definition) is 5. The molecule has 0 aliphatic heterocycles. The third-order valence-electron chi connectivity index (χ3n) is 3.78. The molecule has 0 aliphatic carbocycles. The lowest BCUT2D eigenvalue weighted by molar-refractivity contribution is -0.201. The molecule has 0 amide bonds. The number of benzene rings is 1. The Morgan fingerprint density at radius 1 is 1.11 bits per heavy atom. The highest BCUT2D eigenvalue weighted by Crippen LogP contribution is 2.20. The summed E-state index contributed by atoms with van der Waals surface area (Å²) in [5, 5.41) is 2.94. The van der Waals surface area contributed by atoms with Crippen molar-refractivity contribution >= 4 is 11.9 Å². The molecule has 0 fully saturated rings. The number of carbonyl (C=O) groups excluding carboxylic acids is 2. The lowest BCUT2D eigenvalue weighted by Crippen LogP contribution is -2.29. The maximum absolute atomic E-state index is 12.0. The van der Waals surface area contributed by atoms with Crippen LogP contribution in [0.15, 0.2) is 24.3 Å². The molecular formula is C20H28F3NO4. The number of nitrogens with one attached hydrogen (secondary N) is 1. The second-order valence-corrected chi connectivity index (χ2v) is 7.67. The van der Waals surface area contributed by atoms with Crippen molar-refractivity contribution in [2.45, 2.75) is 52.6 Å². The Bertz CT molecular complexity index is 639. The maximum Gasteiger partial charge on any atom is 0.491 e. The van der Waals surface area contributed by atoms with Crippen molar-refractivity contribution in [3.8, 4) is 5.75 Å². The van der Waals surface area contributed by atoms with Gasteiger partial charge in [-0.15, -0.1) is 0 Å². The molecule has 0 radical (unpaired) electrons. The zero-order valence-corrected chi connectivity index (χ0v) is 16.5. The first-order valence-corrected chi connectivity index (χ1v) is 9.22. The molecule has 1 aromatic rings. The van der Waals surface area contributed by atoms with Gasteiger partial charge in [0.05, 0.1) is 13.0 Å². The van der Waals surface area contributed by atoms with Crippen LogP contribution in [0.25, 0.3) is 0 Å². The average Bonchev–Trinajstić information content (AvgIpc) is 2.56. The summed E-state index contributed by atoms with van der Waals surface area (Å²) in [6.07, 6.45) is -2.94. The van der Waals surface area contributed by atoms with E-state index < -0.39 is 18.1 Å². The first-order valence-electron chi connectivity index (χ1n) is 9.22. The Labute approximate surface area is 163 Å². The van der Waals surface area contributed by atoms with Crippen LogP contribution in [0.5, 0.6) is 5.75 Å². The fourth-order valence-electron chi connectivity index (χ4n) is 2.21. The fourth-order valence-corrected chi connectivity index (χ4v) is 2.21. The monoisotopic (exact) mass is 403 g/mol. The van der Waals surface area contributed by atoms with Crippen LogP contribution in [0, 0.1) is 5.41 Å². The van der Waals surface area contributed by atoms with Crippen LogP contribution >= 0.6 is 0 Å². The van der Waals surface area contributed by atoms with Crippen LogP contribution < -0.4 is 10.1 Å². The SMILES string of the molecule is CC(C)(C)CCOc1cccc(CCCNCCC(=O)OC(=O)C(F)(F)F)c1. The molecule has 0 aliphatic rings. The zero-order valence-electron chi connectivity index (χ0n) is 16.5.